The van der Waals surface area contributed by atoms with Crippen LogP contribution in [0, 0.1) is 11.3 Å². The highest BCUT2D eigenvalue weighted by molar-refractivity contribution is 7.57. The molecule has 0 aromatic carbocycles. The number of hydrogen-bond donors (Lipinski definition) is 1. The highest BCUT2D eigenvalue weighted by Gasteiger charge is 2.05. The first-order valence-corrected chi connectivity index (χ1v) is 4.02. The molecule has 0 aromatic heterocycles. The van der Waals surface area contributed by atoms with Crippen LogP contribution in [0.2, 0.25) is 0 Å². The maximum absolute atomic E-state index is 10.1. The highest BCUT2D eigenvalue weighted by Crippen LogP contribution is 2.33. The second kappa shape index (κ2) is 3.91. The Morgan fingerprint density at radius 1 is 1.88 bits per heavy atom. The van der Waals surface area contributed by atoms with Crippen molar-refractivity contribution in [2.45, 2.75) is 0 Å². The maximum atomic E-state index is 10.1. The molecule has 0 fully saturated rings. The number of rotatable bonds is 1. The molecule has 0 bridgehead atoms. The summed E-state index contributed by atoms with van der Waals surface area (Å²) in [4.78, 5) is 8.35. The van der Waals surface area contributed by atoms with Crippen molar-refractivity contribution in [3.05, 3.63) is 0 Å². The second-order valence-electron chi connectivity index (χ2n) is 1.37. The first-order chi connectivity index (χ1) is 3.06. The van der Waals surface area contributed by atoms with Crippen LogP contribution in [-0.2, 0) is 4.57 Å². The van der Waals surface area contributed by atoms with Gasteiger partial charge >= 0.3 is 0 Å². The summed E-state index contributed by atoms with van der Waals surface area (Å²) in [6, 6.07) is 1.59. The first kappa shape index (κ1) is 10.9. The van der Waals surface area contributed by atoms with E-state index in [0.717, 1.165) is 6.66 Å². The van der Waals surface area contributed by atoms with Gasteiger partial charge in [-0.3, -0.25) is 4.57 Å². The molecule has 1 unspecified atom stereocenters. The van der Waals surface area contributed by atoms with Gasteiger partial charge in [-0.2, -0.15) is 5.26 Å². The van der Waals surface area contributed by atoms with Crippen LogP contribution < -0.4 is 0 Å². The van der Waals surface area contributed by atoms with Gasteiger partial charge in [-0.1, -0.05) is 0 Å². The molecular formula is C3H7ClNO2P. The Kier molecular flexibility index (Phi) is 5.31. The van der Waals surface area contributed by atoms with Gasteiger partial charge in [0.25, 0.3) is 0 Å². The zero-order chi connectivity index (χ0) is 5.91. The third-order valence-electron chi connectivity index (χ3n) is 0.364. The summed E-state index contributed by atoms with van der Waals surface area (Å²) in [5.41, 5.74) is 0. The summed E-state index contributed by atoms with van der Waals surface area (Å²) >= 11 is 0. The summed E-state index contributed by atoms with van der Waals surface area (Å²) in [7, 11) is -3.03. The molecule has 1 atom stereocenters. The Bertz CT molecular complexity index is 135. The Labute approximate surface area is 54.2 Å². The van der Waals surface area contributed by atoms with Crippen molar-refractivity contribution in [3.63, 3.8) is 0 Å². The van der Waals surface area contributed by atoms with Gasteiger partial charge in [-0.15, -0.1) is 12.4 Å². The van der Waals surface area contributed by atoms with Gasteiger partial charge in [0, 0.05) is 6.66 Å². The smallest absolute Gasteiger partial charge is 0.211 e. The SMILES string of the molecule is CP(=O)(O)CC#N.Cl. The maximum Gasteiger partial charge on any atom is 0.211 e. The van der Waals surface area contributed by atoms with Crippen molar-refractivity contribution in [2.24, 2.45) is 0 Å². The fourth-order valence-electron chi connectivity index (χ4n) is 0.131. The minimum absolute atomic E-state index is 0. The van der Waals surface area contributed by atoms with Gasteiger partial charge in [0.15, 0.2) is 0 Å². The van der Waals surface area contributed by atoms with Gasteiger partial charge in [-0.05, 0) is 0 Å². The lowest BCUT2D eigenvalue weighted by Crippen LogP contribution is -1.78. The lowest BCUT2D eigenvalue weighted by molar-refractivity contribution is 0.489. The molecule has 5 heteroatoms. The quantitative estimate of drug-likeness (QED) is 0.571. The minimum Gasteiger partial charge on any atom is -0.344 e. The summed E-state index contributed by atoms with van der Waals surface area (Å²) in [6.45, 7) is 1.16. The summed E-state index contributed by atoms with van der Waals surface area (Å²) < 4.78 is 10.1. The molecule has 0 saturated heterocycles. The van der Waals surface area contributed by atoms with E-state index in [1.54, 1.807) is 6.07 Å². The van der Waals surface area contributed by atoms with Gasteiger partial charge in [0.1, 0.15) is 6.16 Å². The van der Waals surface area contributed by atoms with E-state index >= 15 is 0 Å². The fourth-order valence-corrected chi connectivity index (χ4v) is 0.394. The van der Waals surface area contributed by atoms with E-state index in [1.807, 2.05) is 0 Å². The average Bonchev–Trinajstić information content (AvgIpc) is 1.30. The number of nitrogens with zero attached hydrogens (tertiary/aromatic N) is 1. The molecule has 3 nitrogen and oxygen atoms in total. The molecule has 0 heterocycles. The van der Waals surface area contributed by atoms with Crippen molar-refractivity contribution >= 4 is 19.8 Å². The monoisotopic (exact) mass is 155 g/mol. The van der Waals surface area contributed by atoms with E-state index in [9.17, 15) is 4.57 Å². The Hall–Kier alpha value is -0.0300. The fraction of sp³-hybridized carbons (Fsp3) is 0.667. The standard InChI is InChI=1S/C3H6NO2P.ClH/c1-7(5,6)3-2-4;/h3H2,1H3,(H,5,6);1H. The predicted octanol–water partition coefficient (Wildman–Crippen LogP) is 0.832. The van der Waals surface area contributed by atoms with Crippen LogP contribution in [-0.4, -0.2) is 17.7 Å². The molecule has 0 amide bonds. The van der Waals surface area contributed by atoms with Gasteiger partial charge in [0.05, 0.1) is 6.07 Å². The van der Waals surface area contributed by atoms with E-state index in [1.165, 1.54) is 0 Å². The molecule has 0 rings (SSSR count). The number of hydrogen-bond acceptors (Lipinski definition) is 2. The molecule has 1 N–H and O–H groups in total. The molecule has 48 valence electrons. The third-order valence-corrected chi connectivity index (χ3v) is 1.09. The number of halogens is 1. The Balaban J connectivity index is 0. The summed E-state index contributed by atoms with van der Waals surface area (Å²) in [5.74, 6) is 0. The van der Waals surface area contributed by atoms with Gasteiger partial charge in [-0.25, -0.2) is 0 Å². The normalized spacial score (nSPS) is 15.1. The van der Waals surface area contributed by atoms with Gasteiger partial charge in [0.2, 0.25) is 7.37 Å². The van der Waals surface area contributed by atoms with E-state index in [2.05, 4.69) is 0 Å². The van der Waals surface area contributed by atoms with Crippen LogP contribution in [0.3, 0.4) is 0 Å². The van der Waals surface area contributed by atoms with Crippen LogP contribution in [0.25, 0.3) is 0 Å². The molecule has 0 aliphatic carbocycles. The lowest BCUT2D eigenvalue weighted by Gasteiger charge is -1.92. The molecule has 0 radical (unpaired) electrons. The average molecular weight is 156 g/mol. The summed E-state index contributed by atoms with van der Waals surface area (Å²) in [5, 5.41) is 7.82. The molecule has 8 heavy (non-hydrogen) atoms. The molecule has 0 aliphatic heterocycles. The first-order valence-electron chi connectivity index (χ1n) is 1.72. The highest BCUT2D eigenvalue weighted by atomic mass is 35.5. The summed E-state index contributed by atoms with van der Waals surface area (Å²) in [6.07, 6.45) is -0.243. The van der Waals surface area contributed by atoms with Crippen molar-refractivity contribution in [1.29, 1.82) is 5.26 Å². The zero-order valence-corrected chi connectivity index (χ0v) is 6.08. The largest absolute Gasteiger partial charge is 0.344 e. The number of nitriles is 1. The zero-order valence-electron chi connectivity index (χ0n) is 4.37. The molecule has 0 spiro atoms. The van der Waals surface area contributed by atoms with Crippen LogP contribution >= 0.6 is 19.8 Å². The van der Waals surface area contributed by atoms with Crippen LogP contribution in [0.1, 0.15) is 0 Å². The molecule has 0 aliphatic rings. The van der Waals surface area contributed by atoms with Gasteiger partial charge < -0.3 is 4.89 Å². The van der Waals surface area contributed by atoms with Crippen molar-refractivity contribution in [3.8, 4) is 6.07 Å². The second-order valence-corrected chi connectivity index (χ2v) is 3.79. The van der Waals surface area contributed by atoms with Crippen LogP contribution in [0.5, 0.6) is 0 Å². The lowest BCUT2D eigenvalue weighted by atomic mass is 10.9. The van der Waals surface area contributed by atoms with Crippen molar-refractivity contribution in [2.75, 3.05) is 12.8 Å². The minimum atomic E-state index is -3.03. The van der Waals surface area contributed by atoms with E-state index in [0.29, 0.717) is 0 Å². The Morgan fingerprint density at radius 2 is 2.25 bits per heavy atom. The Morgan fingerprint density at radius 3 is 2.25 bits per heavy atom. The van der Waals surface area contributed by atoms with Crippen molar-refractivity contribution < 1.29 is 9.46 Å². The predicted molar refractivity (Wildman–Crippen MR) is 33.5 cm³/mol. The third kappa shape index (κ3) is 9.36. The van der Waals surface area contributed by atoms with E-state index in [4.69, 9.17) is 10.2 Å². The van der Waals surface area contributed by atoms with Crippen LogP contribution in [0.4, 0.5) is 0 Å². The molecular weight excluding hydrogens is 148 g/mol. The topological polar surface area (TPSA) is 61.1 Å². The van der Waals surface area contributed by atoms with E-state index < -0.39 is 7.37 Å². The van der Waals surface area contributed by atoms with E-state index in [-0.39, 0.29) is 18.6 Å². The van der Waals surface area contributed by atoms with Crippen LogP contribution in [0.15, 0.2) is 0 Å². The molecule has 0 aromatic rings. The molecule has 0 saturated carbocycles. The van der Waals surface area contributed by atoms with Crippen molar-refractivity contribution in [1.82, 2.24) is 0 Å².